The second-order valence-corrected chi connectivity index (χ2v) is 2.33. The molecule has 0 saturated carbocycles. The van der Waals surface area contributed by atoms with E-state index in [1.54, 1.807) is 6.92 Å². The van der Waals surface area contributed by atoms with Crippen molar-refractivity contribution in [3.63, 3.8) is 0 Å². The Morgan fingerprint density at radius 1 is 1.56 bits per heavy atom. The summed E-state index contributed by atoms with van der Waals surface area (Å²) in [4.78, 5) is 0. The first kappa shape index (κ1) is 8.88. The third kappa shape index (κ3) is 4.39. The average molecular weight is 132 g/mol. The fraction of sp³-hybridized carbons (Fsp3) is 1.00. The van der Waals surface area contributed by atoms with Gasteiger partial charge in [-0.05, 0) is 20.5 Å². The lowest BCUT2D eigenvalue weighted by Gasteiger charge is -2.23. The standard InChI is InChI=1S/C6H16N2O/c1-4-8-6(2,9)5-7-3/h7-9H,4-5H2,1-3H3. The summed E-state index contributed by atoms with van der Waals surface area (Å²) in [7, 11) is 1.81. The van der Waals surface area contributed by atoms with Crippen LogP contribution < -0.4 is 10.6 Å². The Morgan fingerprint density at radius 3 is 2.44 bits per heavy atom. The molecule has 0 fully saturated rings. The molecule has 0 aromatic carbocycles. The summed E-state index contributed by atoms with van der Waals surface area (Å²) >= 11 is 0. The van der Waals surface area contributed by atoms with Gasteiger partial charge in [-0.3, -0.25) is 5.32 Å². The van der Waals surface area contributed by atoms with E-state index in [0.717, 1.165) is 6.54 Å². The Morgan fingerprint density at radius 2 is 2.11 bits per heavy atom. The van der Waals surface area contributed by atoms with Crippen LogP contribution in [0.4, 0.5) is 0 Å². The molecule has 3 nitrogen and oxygen atoms in total. The van der Waals surface area contributed by atoms with Gasteiger partial charge in [0.05, 0.1) is 0 Å². The van der Waals surface area contributed by atoms with Crippen molar-refractivity contribution in [3.05, 3.63) is 0 Å². The molecule has 1 atom stereocenters. The van der Waals surface area contributed by atoms with Gasteiger partial charge in [-0.15, -0.1) is 0 Å². The van der Waals surface area contributed by atoms with E-state index in [1.165, 1.54) is 0 Å². The van der Waals surface area contributed by atoms with Crippen molar-refractivity contribution in [3.8, 4) is 0 Å². The molecule has 0 aliphatic heterocycles. The molecule has 0 aliphatic carbocycles. The number of hydrogen-bond donors (Lipinski definition) is 3. The SMILES string of the molecule is CCNC(C)(O)CNC. The zero-order valence-corrected chi connectivity index (χ0v) is 6.36. The van der Waals surface area contributed by atoms with Crippen LogP contribution >= 0.6 is 0 Å². The van der Waals surface area contributed by atoms with Gasteiger partial charge < -0.3 is 10.4 Å². The van der Waals surface area contributed by atoms with Gasteiger partial charge in [0.2, 0.25) is 0 Å². The minimum Gasteiger partial charge on any atom is -0.375 e. The Balaban J connectivity index is 3.43. The molecular formula is C6H16N2O. The predicted molar refractivity (Wildman–Crippen MR) is 38.2 cm³/mol. The molecular weight excluding hydrogens is 116 g/mol. The summed E-state index contributed by atoms with van der Waals surface area (Å²) in [6, 6.07) is 0. The van der Waals surface area contributed by atoms with E-state index in [1.807, 2.05) is 14.0 Å². The molecule has 9 heavy (non-hydrogen) atoms. The van der Waals surface area contributed by atoms with Gasteiger partial charge in [-0.2, -0.15) is 0 Å². The summed E-state index contributed by atoms with van der Waals surface area (Å²) < 4.78 is 0. The Bertz CT molecular complexity index is 65.5. The van der Waals surface area contributed by atoms with Crippen LogP contribution in [-0.2, 0) is 0 Å². The van der Waals surface area contributed by atoms with Crippen molar-refractivity contribution in [2.24, 2.45) is 0 Å². The highest BCUT2D eigenvalue weighted by molar-refractivity contribution is 4.69. The van der Waals surface area contributed by atoms with Gasteiger partial charge >= 0.3 is 0 Å². The fourth-order valence-corrected chi connectivity index (χ4v) is 0.788. The number of nitrogens with one attached hydrogen (secondary N) is 2. The maximum absolute atomic E-state index is 9.34. The second-order valence-electron chi connectivity index (χ2n) is 2.33. The molecule has 0 heterocycles. The largest absolute Gasteiger partial charge is 0.375 e. The lowest BCUT2D eigenvalue weighted by molar-refractivity contribution is 0.0283. The van der Waals surface area contributed by atoms with Crippen molar-refractivity contribution in [2.75, 3.05) is 20.1 Å². The molecule has 56 valence electrons. The highest BCUT2D eigenvalue weighted by Gasteiger charge is 2.15. The minimum atomic E-state index is -0.760. The molecule has 3 N–H and O–H groups in total. The van der Waals surface area contributed by atoms with Crippen LogP contribution in [0.1, 0.15) is 13.8 Å². The van der Waals surface area contributed by atoms with Gasteiger partial charge in [0, 0.05) is 6.54 Å². The van der Waals surface area contributed by atoms with Crippen molar-refractivity contribution in [1.82, 2.24) is 10.6 Å². The van der Waals surface area contributed by atoms with Gasteiger partial charge in [0.25, 0.3) is 0 Å². The summed E-state index contributed by atoms with van der Waals surface area (Å²) in [5.41, 5.74) is -0.760. The van der Waals surface area contributed by atoms with Gasteiger partial charge in [-0.25, -0.2) is 0 Å². The van der Waals surface area contributed by atoms with E-state index in [9.17, 15) is 5.11 Å². The Labute approximate surface area is 56.5 Å². The Hall–Kier alpha value is -0.120. The molecule has 3 heteroatoms. The third-order valence-electron chi connectivity index (χ3n) is 1.08. The summed E-state index contributed by atoms with van der Waals surface area (Å²) in [6.07, 6.45) is 0. The third-order valence-corrected chi connectivity index (χ3v) is 1.08. The highest BCUT2D eigenvalue weighted by atomic mass is 16.3. The van der Waals surface area contributed by atoms with Crippen LogP contribution in [0.2, 0.25) is 0 Å². The van der Waals surface area contributed by atoms with Crippen LogP contribution in [0.25, 0.3) is 0 Å². The van der Waals surface area contributed by atoms with Crippen LogP contribution in [0.5, 0.6) is 0 Å². The molecule has 0 amide bonds. The molecule has 0 aliphatic rings. The van der Waals surface area contributed by atoms with Gasteiger partial charge in [0.15, 0.2) is 0 Å². The van der Waals surface area contributed by atoms with Crippen molar-refractivity contribution in [2.45, 2.75) is 19.6 Å². The van der Waals surface area contributed by atoms with Crippen LogP contribution in [0, 0.1) is 0 Å². The van der Waals surface area contributed by atoms with Crippen molar-refractivity contribution in [1.29, 1.82) is 0 Å². The number of likely N-dealkylation sites (N-methyl/N-ethyl adjacent to an activating group) is 2. The number of rotatable bonds is 4. The molecule has 0 aromatic heterocycles. The zero-order chi connectivity index (χ0) is 7.33. The molecule has 0 bridgehead atoms. The topological polar surface area (TPSA) is 44.3 Å². The van der Waals surface area contributed by atoms with Gasteiger partial charge in [-0.1, -0.05) is 6.92 Å². The lowest BCUT2D eigenvalue weighted by atomic mass is 10.2. The maximum atomic E-state index is 9.34. The normalized spacial score (nSPS) is 17.3. The van der Waals surface area contributed by atoms with E-state index in [-0.39, 0.29) is 0 Å². The summed E-state index contributed by atoms with van der Waals surface area (Å²) in [5, 5.41) is 15.1. The quantitative estimate of drug-likeness (QED) is 0.453. The van der Waals surface area contributed by atoms with E-state index in [2.05, 4.69) is 10.6 Å². The molecule has 0 spiro atoms. The molecule has 0 rings (SSSR count). The minimum absolute atomic E-state index is 0.570. The fourth-order valence-electron chi connectivity index (χ4n) is 0.788. The lowest BCUT2D eigenvalue weighted by Crippen LogP contribution is -2.49. The average Bonchev–Trinajstić information content (AvgIpc) is 1.64. The van der Waals surface area contributed by atoms with E-state index < -0.39 is 5.72 Å². The predicted octanol–water partition coefficient (Wildman–Crippen LogP) is -0.476. The first-order valence-electron chi connectivity index (χ1n) is 3.24. The molecule has 1 unspecified atom stereocenters. The molecule has 0 aromatic rings. The summed E-state index contributed by atoms with van der Waals surface area (Å²) in [6.45, 7) is 5.06. The van der Waals surface area contributed by atoms with E-state index >= 15 is 0 Å². The first-order valence-corrected chi connectivity index (χ1v) is 3.24. The highest BCUT2D eigenvalue weighted by Crippen LogP contribution is 1.92. The molecule has 0 saturated heterocycles. The smallest absolute Gasteiger partial charge is 0.125 e. The van der Waals surface area contributed by atoms with Crippen LogP contribution in [0.3, 0.4) is 0 Å². The molecule has 0 radical (unpaired) electrons. The van der Waals surface area contributed by atoms with E-state index in [4.69, 9.17) is 0 Å². The van der Waals surface area contributed by atoms with Crippen LogP contribution in [0.15, 0.2) is 0 Å². The van der Waals surface area contributed by atoms with Crippen molar-refractivity contribution >= 4 is 0 Å². The number of aliphatic hydroxyl groups is 1. The maximum Gasteiger partial charge on any atom is 0.125 e. The van der Waals surface area contributed by atoms with Crippen molar-refractivity contribution < 1.29 is 5.11 Å². The Kier molecular flexibility index (Phi) is 3.77. The number of hydrogen-bond acceptors (Lipinski definition) is 3. The van der Waals surface area contributed by atoms with Gasteiger partial charge in [0.1, 0.15) is 5.72 Å². The first-order chi connectivity index (χ1) is 4.12. The summed E-state index contributed by atoms with van der Waals surface area (Å²) in [5.74, 6) is 0. The van der Waals surface area contributed by atoms with E-state index in [0.29, 0.717) is 6.54 Å². The second kappa shape index (κ2) is 3.82. The van der Waals surface area contributed by atoms with Crippen LogP contribution in [-0.4, -0.2) is 31.0 Å². The zero-order valence-electron chi connectivity index (χ0n) is 6.36. The monoisotopic (exact) mass is 132 g/mol.